The summed E-state index contributed by atoms with van der Waals surface area (Å²) >= 11 is 9.53. The lowest BCUT2D eigenvalue weighted by atomic mass is 10.3. The van der Waals surface area contributed by atoms with Gasteiger partial charge < -0.3 is 0 Å². The Balaban J connectivity index is 0.000000500. The third-order valence-electron chi connectivity index (χ3n) is 1.06. The fourth-order valence-corrected chi connectivity index (χ4v) is 0.685. The molecule has 1 N–H and O–H groups in total. The van der Waals surface area contributed by atoms with Crippen LogP contribution in [-0.4, -0.2) is 11.6 Å². The Morgan fingerprint density at radius 2 is 1.50 bits per heavy atom. The Morgan fingerprint density at radius 3 is 1.86 bits per heavy atom. The third-order valence-corrected chi connectivity index (χ3v) is 1.06. The van der Waals surface area contributed by atoms with Gasteiger partial charge in [-0.1, -0.05) is 18.2 Å². The SMILES string of the molecule is ClCCl.FC(F)(F)Nc1ccccc1. The van der Waals surface area contributed by atoms with Gasteiger partial charge in [-0.25, -0.2) is 0 Å². The molecule has 0 aliphatic heterocycles. The van der Waals surface area contributed by atoms with Crippen LogP contribution in [0.15, 0.2) is 30.3 Å². The maximum Gasteiger partial charge on any atom is 0.482 e. The molecule has 1 aromatic rings. The Bertz CT molecular complexity index is 238. The molecule has 0 bridgehead atoms. The van der Waals surface area contributed by atoms with Crippen LogP contribution < -0.4 is 5.32 Å². The number of rotatable bonds is 1. The minimum Gasteiger partial charge on any atom is -0.298 e. The highest BCUT2D eigenvalue weighted by Gasteiger charge is 2.26. The predicted octanol–water partition coefficient (Wildman–Crippen LogP) is 4.04. The van der Waals surface area contributed by atoms with Gasteiger partial charge in [-0.05, 0) is 12.1 Å². The van der Waals surface area contributed by atoms with Crippen LogP contribution in [0.1, 0.15) is 0 Å². The first-order chi connectivity index (χ1) is 6.49. The third kappa shape index (κ3) is 8.01. The summed E-state index contributed by atoms with van der Waals surface area (Å²) in [4.78, 5) is 0. The molecule has 0 saturated carbocycles. The van der Waals surface area contributed by atoms with E-state index in [1.54, 1.807) is 6.07 Å². The Kier molecular flexibility index (Phi) is 6.49. The van der Waals surface area contributed by atoms with Crippen molar-refractivity contribution >= 4 is 28.9 Å². The zero-order chi connectivity index (χ0) is 11.0. The maximum absolute atomic E-state index is 11.6. The van der Waals surface area contributed by atoms with Crippen LogP contribution in [0.5, 0.6) is 0 Å². The molecule has 14 heavy (non-hydrogen) atoms. The summed E-state index contributed by atoms with van der Waals surface area (Å²) < 4.78 is 34.9. The summed E-state index contributed by atoms with van der Waals surface area (Å²) in [5, 5.41) is 1.58. The second-order valence-corrected chi connectivity index (χ2v) is 2.90. The van der Waals surface area contributed by atoms with Crippen molar-refractivity contribution in [2.45, 2.75) is 6.30 Å². The Labute approximate surface area is 89.8 Å². The number of hydrogen-bond acceptors (Lipinski definition) is 1. The van der Waals surface area contributed by atoms with Gasteiger partial charge in [0.05, 0.1) is 5.34 Å². The van der Waals surface area contributed by atoms with Crippen molar-refractivity contribution in [1.29, 1.82) is 0 Å². The van der Waals surface area contributed by atoms with Crippen LogP contribution in [0.3, 0.4) is 0 Å². The van der Waals surface area contributed by atoms with Crippen LogP contribution >= 0.6 is 23.2 Å². The minimum absolute atomic E-state index is 0.0556. The molecule has 6 heteroatoms. The van der Waals surface area contributed by atoms with E-state index in [2.05, 4.69) is 0 Å². The van der Waals surface area contributed by atoms with Crippen molar-refractivity contribution in [3.63, 3.8) is 0 Å². The minimum atomic E-state index is -4.35. The van der Waals surface area contributed by atoms with Crippen LogP contribution in [0.4, 0.5) is 18.9 Å². The van der Waals surface area contributed by atoms with Gasteiger partial charge >= 0.3 is 6.30 Å². The first-order valence-electron chi connectivity index (χ1n) is 3.51. The highest BCUT2D eigenvalue weighted by molar-refractivity contribution is 6.40. The zero-order valence-electron chi connectivity index (χ0n) is 6.98. The Morgan fingerprint density at radius 1 is 1.07 bits per heavy atom. The Hall–Kier alpha value is -0.610. The number of nitrogens with one attached hydrogen (secondary N) is 1. The molecule has 0 radical (unpaired) electrons. The molecule has 0 aliphatic rings. The molecular weight excluding hydrogens is 238 g/mol. The molecule has 1 rings (SSSR count). The predicted molar refractivity (Wildman–Crippen MR) is 52.7 cm³/mol. The normalized spacial score (nSPS) is 10.1. The standard InChI is InChI=1S/C7H6F3N.CH2Cl2/c8-7(9,10)11-6-4-2-1-3-5-6;2-1-3/h1-5,11H;1H2. The summed E-state index contributed by atoms with van der Waals surface area (Å²) in [6, 6.07) is 7.44. The highest BCUT2D eigenvalue weighted by Crippen LogP contribution is 2.18. The number of alkyl halides is 5. The van der Waals surface area contributed by atoms with Crippen LogP contribution in [0.2, 0.25) is 0 Å². The summed E-state index contributed by atoms with van der Waals surface area (Å²) in [6.45, 7) is 0. The van der Waals surface area contributed by atoms with E-state index in [4.69, 9.17) is 23.2 Å². The van der Waals surface area contributed by atoms with E-state index < -0.39 is 6.30 Å². The van der Waals surface area contributed by atoms with Crippen molar-refractivity contribution in [2.75, 3.05) is 10.7 Å². The molecule has 0 amide bonds. The van der Waals surface area contributed by atoms with Crippen LogP contribution in [0.25, 0.3) is 0 Å². The van der Waals surface area contributed by atoms with Crippen molar-refractivity contribution in [3.05, 3.63) is 30.3 Å². The lowest BCUT2D eigenvalue weighted by Crippen LogP contribution is -2.20. The van der Waals surface area contributed by atoms with E-state index in [-0.39, 0.29) is 11.0 Å². The largest absolute Gasteiger partial charge is 0.482 e. The van der Waals surface area contributed by atoms with E-state index in [0.29, 0.717) is 0 Å². The molecule has 80 valence electrons. The van der Waals surface area contributed by atoms with Gasteiger partial charge in [0.2, 0.25) is 0 Å². The molecular formula is C8H8Cl2F3N. The van der Waals surface area contributed by atoms with E-state index in [1.807, 2.05) is 0 Å². The van der Waals surface area contributed by atoms with E-state index in [1.165, 1.54) is 29.6 Å². The summed E-state index contributed by atoms with van der Waals surface area (Å²) in [6.07, 6.45) is -4.35. The molecule has 0 heterocycles. The average molecular weight is 246 g/mol. The molecule has 0 atom stereocenters. The number of anilines is 1. The van der Waals surface area contributed by atoms with Crippen molar-refractivity contribution in [3.8, 4) is 0 Å². The van der Waals surface area contributed by atoms with Crippen molar-refractivity contribution in [2.24, 2.45) is 0 Å². The van der Waals surface area contributed by atoms with Gasteiger partial charge in [0.15, 0.2) is 0 Å². The fourth-order valence-electron chi connectivity index (χ4n) is 0.685. The summed E-state index contributed by atoms with van der Waals surface area (Å²) in [5.41, 5.74) is 0.0556. The molecule has 0 spiro atoms. The topological polar surface area (TPSA) is 12.0 Å². The van der Waals surface area contributed by atoms with Crippen LogP contribution in [-0.2, 0) is 0 Å². The van der Waals surface area contributed by atoms with Gasteiger partial charge in [-0.2, -0.15) is 13.2 Å². The average Bonchev–Trinajstić information content (AvgIpc) is 2.04. The highest BCUT2D eigenvalue weighted by atomic mass is 35.5. The number of halogens is 5. The first-order valence-corrected chi connectivity index (χ1v) is 4.58. The van der Waals surface area contributed by atoms with Crippen LogP contribution in [0, 0.1) is 0 Å². The van der Waals surface area contributed by atoms with E-state index in [0.717, 1.165) is 0 Å². The van der Waals surface area contributed by atoms with Crippen molar-refractivity contribution < 1.29 is 13.2 Å². The fraction of sp³-hybridized carbons (Fsp3) is 0.250. The lowest BCUT2D eigenvalue weighted by molar-refractivity contribution is -0.0999. The van der Waals surface area contributed by atoms with Gasteiger partial charge in [-0.15, -0.1) is 23.2 Å². The van der Waals surface area contributed by atoms with Gasteiger partial charge in [0.1, 0.15) is 0 Å². The molecule has 0 aliphatic carbocycles. The van der Waals surface area contributed by atoms with Gasteiger partial charge in [0.25, 0.3) is 0 Å². The van der Waals surface area contributed by atoms with E-state index in [9.17, 15) is 13.2 Å². The van der Waals surface area contributed by atoms with Gasteiger partial charge in [0, 0.05) is 5.69 Å². The first kappa shape index (κ1) is 13.4. The summed E-state index contributed by atoms with van der Waals surface area (Å²) in [7, 11) is 0. The smallest absolute Gasteiger partial charge is 0.298 e. The van der Waals surface area contributed by atoms with Crippen molar-refractivity contribution in [1.82, 2.24) is 0 Å². The number of para-hydroxylation sites is 1. The molecule has 1 nitrogen and oxygen atoms in total. The maximum atomic E-state index is 11.6. The number of benzene rings is 1. The van der Waals surface area contributed by atoms with Gasteiger partial charge in [-0.3, -0.25) is 5.32 Å². The number of hydrogen-bond donors (Lipinski definition) is 1. The molecule has 0 saturated heterocycles. The summed E-state index contributed by atoms with van der Waals surface area (Å²) in [5.74, 6) is 0. The second-order valence-electron chi connectivity index (χ2n) is 2.09. The molecule has 1 aromatic carbocycles. The zero-order valence-corrected chi connectivity index (χ0v) is 8.50. The molecule has 0 unspecified atom stereocenters. The lowest BCUT2D eigenvalue weighted by Gasteiger charge is -2.08. The monoisotopic (exact) mass is 245 g/mol. The molecule has 0 fully saturated rings. The quantitative estimate of drug-likeness (QED) is 0.582. The molecule has 0 aromatic heterocycles. The van der Waals surface area contributed by atoms with E-state index >= 15 is 0 Å². The second kappa shape index (κ2) is 6.79.